The number of hydrogen-bond donors (Lipinski definition) is 1. The number of amides is 1. The third kappa shape index (κ3) is 4.51. The predicted molar refractivity (Wildman–Crippen MR) is 130 cm³/mol. The number of carbonyl (C=O) groups is 1. The average Bonchev–Trinajstić information content (AvgIpc) is 3.39. The molecule has 5 aromatic rings. The molecule has 6 nitrogen and oxygen atoms in total. The molecular weight excluding hydrogens is 518 g/mol. The Morgan fingerprint density at radius 1 is 0.972 bits per heavy atom. The largest absolute Gasteiger partial charge is 0.418 e. The van der Waals surface area contributed by atoms with E-state index in [4.69, 9.17) is 11.6 Å². The Kier molecular flexibility index (Phi) is 6.35. The average molecular weight is 534 g/mol. The number of imidazole rings is 1. The van der Waals surface area contributed by atoms with E-state index < -0.39 is 23.5 Å². The lowest BCUT2D eigenvalue weighted by Crippen LogP contribution is -2.18. The highest BCUT2D eigenvalue weighted by atomic mass is 35.5. The van der Waals surface area contributed by atoms with Crippen molar-refractivity contribution in [1.82, 2.24) is 19.2 Å². The van der Waals surface area contributed by atoms with Crippen LogP contribution in [0.5, 0.6) is 0 Å². The van der Waals surface area contributed by atoms with Gasteiger partial charge in [0.1, 0.15) is 5.82 Å². The van der Waals surface area contributed by atoms with Crippen molar-refractivity contribution < 1.29 is 22.4 Å². The van der Waals surface area contributed by atoms with E-state index in [1.54, 1.807) is 15.0 Å². The van der Waals surface area contributed by atoms with Crippen molar-refractivity contribution in [2.45, 2.75) is 17.9 Å². The number of nitrogens with zero attached hydrogens (tertiary/aromatic N) is 4. The van der Waals surface area contributed by atoms with Crippen molar-refractivity contribution >= 4 is 51.8 Å². The first kappa shape index (κ1) is 24.1. The summed E-state index contributed by atoms with van der Waals surface area (Å²) in [6.45, 7) is 0.0973. The second-order valence-corrected chi connectivity index (χ2v) is 9.12. The molecule has 0 fully saturated rings. The molecule has 5 rings (SSSR count). The molecule has 0 atom stereocenters. The van der Waals surface area contributed by atoms with Gasteiger partial charge in [0.05, 0.1) is 34.6 Å². The van der Waals surface area contributed by atoms with Crippen LogP contribution in [0.2, 0.25) is 5.02 Å². The molecule has 36 heavy (non-hydrogen) atoms. The van der Waals surface area contributed by atoms with Crippen molar-refractivity contribution in [2.24, 2.45) is 0 Å². The summed E-state index contributed by atoms with van der Waals surface area (Å²) in [7, 11) is 0. The molecule has 0 radical (unpaired) electrons. The molecule has 3 aromatic carbocycles. The first-order chi connectivity index (χ1) is 17.2. The summed E-state index contributed by atoms with van der Waals surface area (Å²) in [5.74, 6) is -0.884. The quantitative estimate of drug-likeness (QED) is 0.206. The summed E-state index contributed by atoms with van der Waals surface area (Å²) in [6.07, 6.45) is -4.60. The van der Waals surface area contributed by atoms with E-state index in [-0.39, 0.29) is 23.0 Å². The predicted octanol–water partition coefficient (Wildman–Crippen LogP) is 6.27. The highest BCUT2D eigenvalue weighted by molar-refractivity contribution is 7.99. The first-order valence-corrected chi connectivity index (χ1v) is 11.9. The molecule has 0 aliphatic rings. The van der Waals surface area contributed by atoms with Crippen LogP contribution in [0.3, 0.4) is 0 Å². The van der Waals surface area contributed by atoms with E-state index in [1.165, 1.54) is 30.3 Å². The Labute approximate surface area is 210 Å². The zero-order chi connectivity index (χ0) is 25.4. The van der Waals surface area contributed by atoms with Gasteiger partial charge in [-0.2, -0.15) is 13.2 Å². The molecule has 2 heterocycles. The molecule has 0 aliphatic heterocycles. The maximum Gasteiger partial charge on any atom is 0.418 e. The lowest BCUT2D eigenvalue weighted by Gasteiger charge is -2.13. The van der Waals surface area contributed by atoms with Crippen LogP contribution in [0.1, 0.15) is 11.1 Å². The molecule has 2 aromatic heterocycles. The number of para-hydroxylation sites is 3. The highest BCUT2D eigenvalue weighted by Crippen LogP contribution is 2.35. The van der Waals surface area contributed by atoms with E-state index in [0.717, 1.165) is 28.9 Å². The number of thioether (sulfide) groups is 1. The van der Waals surface area contributed by atoms with Crippen molar-refractivity contribution in [1.29, 1.82) is 0 Å². The fourth-order valence-electron chi connectivity index (χ4n) is 3.88. The number of nitrogens with one attached hydrogen (secondary N) is 1. The van der Waals surface area contributed by atoms with Gasteiger partial charge < -0.3 is 9.88 Å². The van der Waals surface area contributed by atoms with Gasteiger partial charge in [-0.25, -0.2) is 4.39 Å². The Balaban J connectivity index is 1.43. The summed E-state index contributed by atoms with van der Waals surface area (Å²) in [5.41, 5.74) is 0.508. The van der Waals surface area contributed by atoms with Crippen molar-refractivity contribution in [2.75, 3.05) is 11.1 Å². The molecule has 0 saturated heterocycles. The molecule has 0 saturated carbocycles. The van der Waals surface area contributed by atoms with E-state index in [1.807, 2.05) is 24.3 Å². The van der Waals surface area contributed by atoms with Gasteiger partial charge in [-0.15, -0.1) is 10.2 Å². The van der Waals surface area contributed by atoms with Gasteiger partial charge in [-0.05, 0) is 36.4 Å². The minimum atomic E-state index is -4.60. The van der Waals surface area contributed by atoms with Crippen LogP contribution in [0.25, 0.3) is 16.8 Å². The fourth-order valence-corrected chi connectivity index (χ4v) is 4.85. The number of benzene rings is 3. The minimum Gasteiger partial charge on any atom is -0.325 e. The summed E-state index contributed by atoms with van der Waals surface area (Å²) in [4.78, 5) is 12.5. The van der Waals surface area contributed by atoms with Crippen LogP contribution in [0.15, 0.2) is 71.9 Å². The van der Waals surface area contributed by atoms with Gasteiger partial charge in [-0.3, -0.25) is 9.20 Å². The minimum absolute atomic E-state index is 0.0973. The standard InChI is InChI=1S/C24H16ClF4N5OS/c25-16-7-5-8-17(26)14(16)12-33-19-10-3-4-11-20(19)34-22(33)31-32-23(34)36-13-21(35)30-18-9-2-1-6-15(18)24(27,28)29/h1-11H,12-13H2,(H,30,35). The van der Waals surface area contributed by atoms with Crippen LogP contribution in [0.4, 0.5) is 23.2 Å². The highest BCUT2D eigenvalue weighted by Gasteiger charge is 2.33. The molecule has 1 N–H and O–H groups in total. The first-order valence-electron chi connectivity index (χ1n) is 10.6. The smallest absolute Gasteiger partial charge is 0.325 e. The third-order valence-corrected chi connectivity index (χ3v) is 6.77. The van der Waals surface area contributed by atoms with Crippen LogP contribution in [-0.2, 0) is 17.5 Å². The lowest BCUT2D eigenvalue weighted by atomic mass is 10.1. The summed E-state index contributed by atoms with van der Waals surface area (Å²) < 4.78 is 57.6. The van der Waals surface area contributed by atoms with E-state index in [9.17, 15) is 22.4 Å². The SMILES string of the molecule is O=C(CSc1nnc2n(Cc3c(F)cccc3Cl)c3ccccc3n12)Nc1ccccc1C(F)(F)F. The molecule has 0 spiro atoms. The lowest BCUT2D eigenvalue weighted by molar-refractivity contribution is -0.137. The molecule has 184 valence electrons. The van der Waals surface area contributed by atoms with Crippen molar-refractivity contribution in [3.05, 3.63) is 88.7 Å². The van der Waals surface area contributed by atoms with Crippen molar-refractivity contribution in [3.8, 4) is 0 Å². The number of fused-ring (bicyclic) bond motifs is 3. The maximum absolute atomic E-state index is 14.5. The number of hydrogen-bond acceptors (Lipinski definition) is 4. The van der Waals surface area contributed by atoms with Gasteiger partial charge >= 0.3 is 6.18 Å². The molecular formula is C24H16ClF4N5OS. The summed E-state index contributed by atoms with van der Waals surface area (Å²) in [6, 6.07) is 16.5. The van der Waals surface area contributed by atoms with Gasteiger partial charge in [0, 0.05) is 10.6 Å². The third-order valence-electron chi connectivity index (χ3n) is 5.49. The number of anilines is 1. The van der Waals surface area contributed by atoms with Gasteiger partial charge in [0.25, 0.3) is 0 Å². The zero-order valence-electron chi connectivity index (χ0n) is 18.3. The topological polar surface area (TPSA) is 64.2 Å². The van der Waals surface area contributed by atoms with E-state index in [0.29, 0.717) is 16.5 Å². The molecule has 0 aliphatic carbocycles. The normalized spacial score (nSPS) is 11.9. The van der Waals surface area contributed by atoms with Crippen LogP contribution in [0, 0.1) is 5.82 Å². The molecule has 0 bridgehead atoms. The Morgan fingerprint density at radius 2 is 1.69 bits per heavy atom. The monoisotopic (exact) mass is 533 g/mol. The zero-order valence-corrected chi connectivity index (χ0v) is 19.8. The maximum atomic E-state index is 14.5. The van der Waals surface area contributed by atoms with E-state index in [2.05, 4.69) is 15.5 Å². The second-order valence-electron chi connectivity index (χ2n) is 7.77. The Morgan fingerprint density at radius 3 is 2.44 bits per heavy atom. The molecule has 12 heteroatoms. The second kappa shape index (κ2) is 9.47. The number of halogens is 5. The van der Waals surface area contributed by atoms with Crippen LogP contribution >= 0.6 is 23.4 Å². The molecule has 0 unspecified atom stereocenters. The number of carbonyl (C=O) groups excluding carboxylic acids is 1. The van der Waals surface area contributed by atoms with Gasteiger partial charge in [0.15, 0.2) is 5.16 Å². The van der Waals surface area contributed by atoms with Crippen LogP contribution < -0.4 is 5.32 Å². The van der Waals surface area contributed by atoms with Crippen molar-refractivity contribution in [3.63, 3.8) is 0 Å². The Hall–Kier alpha value is -3.57. The van der Waals surface area contributed by atoms with E-state index >= 15 is 0 Å². The molecule has 1 amide bonds. The van der Waals surface area contributed by atoms with Gasteiger partial charge in [0.2, 0.25) is 11.7 Å². The number of aromatic nitrogens is 4. The summed E-state index contributed by atoms with van der Waals surface area (Å²) in [5, 5.41) is 11.3. The van der Waals surface area contributed by atoms with Crippen LogP contribution in [-0.4, -0.2) is 30.8 Å². The summed E-state index contributed by atoms with van der Waals surface area (Å²) >= 11 is 7.25. The number of alkyl halides is 3. The number of rotatable bonds is 6. The van der Waals surface area contributed by atoms with Gasteiger partial charge in [-0.1, -0.05) is 53.7 Å². The Bertz CT molecular complexity index is 1580. The fraction of sp³-hybridized carbons (Fsp3) is 0.125.